The van der Waals surface area contributed by atoms with Gasteiger partial charge in [0.15, 0.2) is 0 Å². The number of thioether (sulfide) groups is 1. The quantitative estimate of drug-likeness (QED) is 0.818. The van der Waals surface area contributed by atoms with Crippen LogP contribution in [0, 0.1) is 11.8 Å². The molecule has 2 aromatic rings. The molecule has 1 amide bonds. The average Bonchev–Trinajstić information content (AvgIpc) is 3.30. The highest BCUT2D eigenvalue weighted by Crippen LogP contribution is 2.44. The van der Waals surface area contributed by atoms with Gasteiger partial charge in [-0.25, -0.2) is 0 Å². The van der Waals surface area contributed by atoms with E-state index in [1.165, 1.54) is 31.0 Å². The summed E-state index contributed by atoms with van der Waals surface area (Å²) in [5.41, 5.74) is 0.699. The van der Waals surface area contributed by atoms with E-state index in [0.29, 0.717) is 33.7 Å². The van der Waals surface area contributed by atoms with Crippen molar-refractivity contribution in [3.8, 4) is 11.5 Å². The first-order valence-electron chi connectivity index (χ1n) is 8.19. The molecule has 2 aliphatic rings. The molecule has 3 atom stereocenters. The molecule has 0 spiro atoms. The number of fused-ring (bicyclic) bond motifs is 2. The van der Waals surface area contributed by atoms with Gasteiger partial charge in [0.25, 0.3) is 5.22 Å². The van der Waals surface area contributed by atoms with Crippen LogP contribution in [0.4, 0.5) is 0 Å². The highest BCUT2D eigenvalue weighted by molar-refractivity contribution is 7.99. The molecule has 0 unspecified atom stereocenters. The minimum atomic E-state index is 0.0371. The van der Waals surface area contributed by atoms with Gasteiger partial charge in [0.05, 0.1) is 16.3 Å². The number of halogens is 1. The van der Waals surface area contributed by atoms with Gasteiger partial charge in [0.2, 0.25) is 11.8 Å². The van der Waals surface area contributed by atoms with E-state index in [4.69, 9.17) is 16.0 Å². The standard InChI is InChI=1S/C17H18ClN3O2S/c18-13-4-2-1-3-12(13)16-20-21-17(23-16)24-9-15(22)19-14-8-10-5-6-11(14)7-10/h1-4,10-11,14H,5-9H2,(H,19,22)/t10-,11-,14-/m0/s1. The fourth-order valence-corrected chi connectivity index (χ4v) is 4.60. The van der Waals surface area contributed by atoms with Crippen LogP contribution < -0.4 is 5.32 Å². The summed E-state index contributed by atoms with van der Waals surface area (Å²) in [6, 6.07) is 7.67. The van der Waals surface area contributed by atoms with E-state index in [2.05, 4.69) is 15.5 Å². The minimum absolute atomic E-state index is 0.0371. The van der Waals surface area contributed by atoms with E-state index < -0.39 is 0 Å². The summed E-state index contributed by atoms with van der Waals surface area (Å²) in [5.74, 6) is 2.20. The molecule has 1 aromatic carbocycles. The number of carbonyl (C=O) groups is 1. The highest BCUT2D eigenvalue weighted by Gasteiger charge is 2.40. The lowest BCUT2D eigenvalue weighted by Gasteiger charge is -2.22. The number of nitrogens with one attached hydrogen (secondary N) is 1. The molecule has 2 saturated carbocycles. The van der Waals surface area contributed by atoms with Crippen molar-refractivity contribution in [2.24, 2.45) is 11.8 Å². The second-order valence-electron chi connectivity index (χ2n) is 6.49. The number of benzene rings is 1. The van der Waals surface area contributed by atoms with Gasteiger partial charge in [0.1, 0.15) is 0 Å². The molecule has 2 fully saturated rings. The maximum absolute atomic E-state index is 12.1. The zero-order chi connectivity index (χ0) is 16.5. The Labute approximate surface area is 149 Å². The maximum Gasteiger partial charge on any atom is 0.277 e. The molecule has 2 aliphatic carbocycles. The average molecular weight is 364 g/mol. The molecular formula is C17H18ClN3O2S. The molecule has 0 aliphatic heterocycles. The SMILES string of the molecule is O=C(CSc1nnc(-c2ccccc2Cl)o1)N[C@H]1C[C@H]2CC[C@H]1C2. The second-order valence-corrected chi connectivity index (χ2v) is 7.82. The molecule has 126 valence electrons. The summed E-state index contributed by atoms with van der Waals surface area (Å²) in [5, 5.41) is 12.1. The fraction of sp³-hybridized carbons (Fsp3) is 0.471. The third-order valence-corrected chi connectivity index (χ3v) is 6.07. The zero-order valence-electron chi connectivity index (χ0n) is 13.1. The van der Waals surface area contributed by atoms with Crippen molar-refractivity contribution in [2.75, 3.05) is 5.75 Å². The normalized spacial score (nSPS) is 25.1. The Morgan fingerprint density at radius 3 is 2.92 bits per heavy atom. The number of aromatic nitrogens is 2. The van der Waals surface area contributed by atoms with E-state index in [1.807, 2.05) is 18.2 Å². The Kier molecular flexibility index (Phi) is 4.50. The van der Waals surface area contributed by atoms with Crippen LogP contribution in [-0.4, -0.2) is 27.9 Å². The van der Waals surface area contributed by atoms with E-state index >= 15 is 0 Å². The molecule has 7 heteroatoms. The van der Waals surface area contributed by atoms with Crippen molar-refractivity contribution in [3.63, 3.8) is 0 Å². The molecule has 1 heterocycles. The second kappa shape index (κ2) is 6.76. The Bertz CT molecular complexity index is 751. The maximum atomic E-state index is 12.1. The van der Waals surface area contributed by atoms with Crippen molar-refractivity contribution in [2.45, 2.75) is 36.9 Å². The van der Waals surface area contributed by atoms with Gasteiger partial charge >= 0.3 is 0 Å². The summed E-state index contributed by atoms with van der Waals surface area (Å²) in [6.07, 6.45) is 5.01. The van der Waals surface area contributed by atoms with E-state index in [-0.39, 0.29) is 11.7 Å². The van der Waals surface area contributed by atoms with Crippen LogP contribution in [0.15, 0.2) is 33.9 Å². The van der Waals surface area contributed by atoms with Gasteiger partial charge in [-0.3, -0.25) is 4.79 Å². The topological polar surface area (TPSA) is 68.0 Å². The van der Waals surface area contributed by atoms with Gasteiger partial charge in [0, 0.05) is 6.04 Å². The van der Waals surface area contributed by atoms with Gasteiger partial charge in [-0.05, 0) is 43.2 Å². The van der Waals surface area contributed by atoms with Crippen LogP contribution in [0.25, 0.3) is 11.5 Å². The molecule has 4 rings (SSSR count). The molecule has 1 N–H and O–H groups in total. The van der Waals surface area contributed by atoms with E-state index in [0.717, 1.165) is 12.3 Å². The molecule has 24 heavy (non-hydrogen) atoms. The number of amides is 1. The third kappa shape index (κ3) is 3.30. The third-order valence-electron chi connectivity index (χ3n) is 4.92. The predicted molar refractivity (Wildman–Crippen MR) is 92.8 cm³/mol. The molecule has 0 radical (unpaired) electrons. The van der Waals surface area contributed by atoms with Crippen molar-refractivity contribution in [3.05, 3.63) is 29.3 Å². The first-order valence-corrected chi connectivity index (χ1v) is 9.56. The number of nitrogens with zero attached hydrogens (tertiary/aromatic N) is 2. The van der Waals surface area contributed by atoms with E-state index in [9.17, 15) is 4.79 Å². The Morgan fingerprint density at radius 2 is 2.17 bits per heavy atom. The number of hydrogen-bond acceptors (Lipinski definition) is 5. The Balaban J connectivity index is 1.32. The van der Waals surface area contributed by atoms with Crippen LogP contribution in [0.5, 0.6) is 0 Å². The predicted octanol–water partition coefficient (Wildman–Crippen LogP) is 3.79. The summed E-state index contributed by atoms with van der Waals surface area (Å²) in [7, 11) is 0. The number of hydrogen-bond donors (Lipinski definition) is 1. The zero-order valence-corrected chi connectivity index (χ0v) is 14.6. The smallest absolute Gasteiger partial charge is 0.277 e. The summed E-state index contributed by atoms with van der Waals surface area (Å²) in [4.78, 5) is 12.1. The minimum Gasteiger partial charge on any atom is -0.411 e. The summed E-state index contributed by atoms with van der Waals surface area (Å²) >= 11 is 7.38. The van der Waals surface area contributed by atoms with Gasteiger partial charge in [-0.2, -0.15) is 0 Å². The van der Waals surface area contributed by atoms with Crippen LogP contribution in [-0.2, 0) is 4.79 Å². The first kappa shape index (κ1) is 16.0. The van der Waals surface area contributed by atoms with Gasteiger partial charge < -0.3 is 9.73 Å². The van der Waals surface area contributed by atoms with Crippen molar-refractivity contribution in [1.82, 2.24) is 15.5 Å². The highest BCUT2D eigenvalue weighted by atomic mass is 35.5. The molecular weight excluding hydrogens is 346 g/mol. The molecule has 0 saturated heterocycles. The van der Waals surface area contributed by atoms with Crippen LogP contribution in [0.3, 0.4) is 0 Å². The molecule has 1 aromatic heterocycles. The lowest BCUT2D eigenvalue weighted by molar-refractivity contribution is -0.119. The van der Waals surface area contributed by atoms with Crippen molar-refractivity contribution < 1.29 is 9.21 Å². The van der Waals surface area contributed by atoms with Crippen LogP contribution in [0.2, 0.25) is 5.02 Å². The monoisotopic (exact) mass is 363 g/mol. The number of rotatable bonds is 5. The Hall–Kier alpha value is -1.53. The van der Waals surface area contributed by atoms with E-state index in [1.54, 1.807) is 6.07 Å². The van der Waals surface area contributed by atoms with Crippen molar-refractivity contribution in [1.29, 1.82) is 0 Å². The lowest BCUT2D eigenvalue weighted by atomic mass is 9.95. The Morgan fingerprint density at radius 1 is 1.29 bits per heavy atom. The summed E-state index contributed by atoms with van der Waals surface area (Å²) < 4.78 is 5.60. The van der Waals surface area contributed by atoms with Crippen LogP contribution in [0.1, 0.15) is 25.7 Å². The summed E-state index contributed by atoms with van der Waals surface area (Å²) in [6.45, 7) is 0. The van der Waals surface area contributed by atoms with Gasteiger partial charge in [-0.1, -0.05) is 41.9 Å². The largest absolute Gasteiger partial charge is 0.411 e. The fourth-order valence-electron chi connectivity index (χ4n) is 3.81. The molecule has 2 bridgehead atoms. The molecule has 5 nitrogen and oxygen atoms in total. The van der Waals surface area contributed by atoms with Gasteiger partial charge in [-0.15, -0.1) is 10.2 Å². The first-order chi connectivity index (χ1) is 11.7. The van der Waals surface area contributed by atoms with Crippen molar-refractivity contribution >= 4 is 29.3 Å². The number of carbonyl (C=O) groups excluding carboxylic acids is 1. The van der Waals surface area contributed by atoms with Crippen LogP contribution >= 0.6 is 23.4 Å². The lowest BCUT2D eigenvalue weighted by Crippen LogP contribution is -2.39.